The monoisotopic (exact) mass is 374 g/mol. The third-order valence-corrected chi connectivity index (χ3v) is 4.86. The molecular formula is C20H18N6S. The lowest BCUT2D eigenvalue weighted by molar-refractivity contribution is 0.884. The maximum Gasteiger partial charge on any atom is 0.191 e. The van der Waals surface area contributed by atoms with E-state index in [9.17, 15) is 0 Å². The van der Waals surface area contributed by atoms with Gasteiger partial charge in [0.2, 0.25) is 0 Å². The molecule has 0 spiro atoms. The molecule has 4 rings (SSSR count). The second-order valence-corrected chi connectivity index (χ2v) is 6.88. The molecule has 0 saturated heterocycles. The molecule has 0 saturated carbocycles. The lowest BCUT2D eigenvalue weighted by Gasteiger charge is -2.03. The number of anilines is 2. The Balaban J connectivity index is 1.68. The standard InChI is InChI=1S/C20H18N6S/c21-17-11-18(22)24-20(23-17)27-13-15-12-26(16-9-5-2-6-10-16)25-19(15)14-7-3-1-4-8-14/h1-12H,13H2,(H4,21,22,23,24). The molecule has 27 heavy (non-hydrogen) atoms. The van der Waals surface area contributed by atoms with Crippen LogP contribution in [-0.4, -0.2) is 19.7 Å². The first-order valence-corrected chi connectivity index (χ1v) is 9.40. The summed E-state index contributed by atoms with van der Waals surface area (Å²) in [5, 5.41) is 5.37. The summed E-state index contributed by atoms with van der Waals surface area (Å²) >= 11 is 1.48. The van der Waals surface area contributed by atoms with E-state index in [-0.39, 0.29) is 0 Å². The molecule has 0 radical (unpaired) electrons. The van der Waals surface area contributed by atoms with Crippen molar-refractivity contribution in [3.8, 4) is 16.9 Å². The largest absolute Gasteiger partial charge is 0.383 e. The van der Waals surface area contributed by atoms with Crippen molar-refractivity contribution in [2.75, 3.05) is 11.5 Å². The van der Waals surface area contributed by atoms with Crippen molar-refractivity contribution in [1.82, 2.24) is 19.7 Å². The fourth-order valence-electron chi connectivity index (χ4n) is 2.74. The molecule has 0 amide bonds. The Morgan fingerprint density at radius 2 is 1.48 bits per heavy atom. The molecule has 0 fully saturated rings. The van der Waals surface area contributed by atoms with Crippen LogP contribution in [0.3, 0.4) is 0 Å². The first-order chi connectivity index (χ1) is 13.2. The summed E-state index contributed by atoms with van der Waals surface area (Å²) in [6.45, 7) is 0. The second kappa shape index (κ2) is 7.51. The van der Waals surface area contributed by atoms with Crippen LogP contribution < -0.4 is 11.5 Å². The molecular weight excluding hydrogens is 356 g/mol. The quantitative estimate of drug-likeness (QED) is 0.408. The number of hydrogen-bond acceptors (Lipinski definition) is 6. The van der Waals surface area contributed by atoms with Crippen molar-refractivity contribution < 1.29 is 0 Å². The fraction of sp³-hybridized carbons (Fsp3) is 0.0500. The maximum absolute atomic E-state index is 5.77. The summed E-state index contributed by atoms with van der Waals surface area (Å²) in [5.41, 5.74) is 15.6. The summed E-state index contributed by atoms with van der Waals surface area (Å²) in [5.74, 6) is 1.39. The lowest BCUT2D eigenvalue weighted by Crippen LogP contribution is -1.99. The van der Waals surface area contributed by atoms with Gasteiger partial charge in [-0.1, -0.05) is 60.3 Å². The summed E-state index contributed by atoms with van der Waals surface area (Å²) in [6.07, 6.45) is 2.04. The average Bonchev–Trinajstić information content (AvgIpc) is 3.11. The van der Waals surface area contributed by atoms with Crippen LogP contribution in [0.1, 0.15) is 5.56 Å². The molecule has 4 N–H and O–H groups in total. The van der Waals surface area contributed by atoms with Gasteiger partial charge in [-0.05, 0) is 12.1 Å². The zero-order valence-corrected chi connectivity index (χ0v) is 15.3. The molecule has 0 aliphatic heterocycles. The number of rotatable bonds is 5. The van der Waals surface area contributed by atoms with Crippen molar-refractivity contribution >= 4 is 23.4 Å². The van der Waals surface area contributed by atoms with E-state index >= 15 is 0 Å². The van der Waals surface area contributed by atoms with Crippen LogP contribution in [0.15, 0.2) is 78.1 Å². The van der Waals surface area contributed by atoms with E-state index in [1.165, 1.54) is 11.8 Å². The van der Waals surface area contributed by atoms with Gasteiger partial charge in [-0.25, -0.2) is 14.6 Å². The Bertz CT molecular complexity index is 1030. The van der Waals surface area contributed by atoms with Gasteiger partial charge in [-0.15, -0.1) is 0 Å². The van der Waals surface area contributed by atoms with Crippen molar-refractivity contribution in [3.63, 3.8) is 0 Å². The number of para-hydroxylation sites is 1. The SMILES string of the molecule is Nc1cc(N)nc(SCc2cn(-c3ccccc3)nc2-c2ccccc2)n1. The third kappa shape index (κ3) is 3.93. The zero-order chi connectivity index (χ0) is 18.6. The van der Waals surface area contributed by atoms with Gasteiger partial charge in [-0.3, -0.25) is 0 Å². The number of nitrogens with zero attached hydrogens (tertiary/aromatic N) is 4. The summed E-state index contributed by atoms with van der Waals surface area (Å²) < 4.78 is 1.90. The number of hydrogen-bond donors (Lipinski definition) is 2. The number of benzene rings is 2. The smallest absolute Gasteiger partial charge is 0.191 e. The van der Waals surface area contributed by atoms with Gasteiger partial charge in [0.25, 0.3) is 0 Å². The Morgan fingerprint density at radius 1 is 0.852 bits per heavy atom. The average molecular weight is 374 g/mol. The molecule has 0 atom stereocenters. The topological polar surface area (TPSA) is 95.6 Å². The van der Waals surface area contributed by atoms with E-state index in [1.807, 2.05) is 59.4 Å². The first-order valence-electron chi connectivity index (χ1n) is 8.41. The first kappa shape index (κ1) is 17.1. The van der Waals surface area contributed by atoms with Crippen LogP contribution in [0, 0.1) is 0 Å². The van der Waals surface area contributed by atoms with Crippen molar-refractivity contribution in [2.45, 2.75) is 10.9 Å². The molecule has 2 aromatic heterocycles. The molecule has 6 nitrogen and oxygen atoms in total. The van der Waals surface area contributed by atoms with Crippen LogP contribution in [0.25, 0.3) is 16.9 Å². The highest BCUT2D eigenvalue weighted by Crippen LogP contribution is 2.29. The van der Waals surface area contributed by atoms with Gasteiger partial charge in [0.15, 0.2) is 5.16 Å². The number of thioether (sulfide) groups is 1. The molecule has 4 aromatic rings. The minimum absolute atomic E-state index is 0.369. The van der Waals surface area contributed by atoms with Crippen LogP contribution in [-0.2, 0) is 5.75 Å². The highest BCUT2D eigenvalue weighted by molar-refractivity contribution is 7.98. The molecule has 2 aromatic carbocycles. The minimum Gasteiger partial charge on any atom is -0.383 e. The van der Waals surface area contributed by atoms with E-state index < -0.39 is 0 Å². The van der Waals surface area contributed by atoms with Gasteiger partial charge in [0, 0.05) is 29.1 Å². The molecule has 0 aliphatic carbocycles. The highest BCUT2D eigenvalue weighted by atomic mass is 32.2. The summed E-state index contributed by atoms with van der Waals surface area (Å²) in [4.78, 5) is 8.48. The lowest BCUT2D eigenvalue weighted by atomic mass is 10.1. The van der Waals surface area contributed by atoms with E-state index in [0.29, 0.717) is 22.5 Å². The zero-order valence-electron chi connectivity index (χ0n) is 14.5. The Kier molecular flexibility index (Phi) is 4.76. The van der Waals surface area contributed by atoms with E-state index in [0.717, 1.165) is 22.5 Å². The van der Waals surface area contributed by atoms with Crippen molar-refractivity contribution in [1.29, 1.82) is 0 Å². The summed E-state index contributed by atoms with van der Waals surface area (Å²) in [6, 6.07) is 21.7. The number of nitrogen functional groups attached to an aromatic ring is 2. The van der Waals surface area contributed by atoms with Gasteiger partial charge < -0.3 is 11.5 Å². The molecule has 0 aliphatic rings. The van der Waals surface area contributed by atoms with Gasteiger partial charge in [-0.2, -0.15) is 5.10 Å². The molecule has 0 bridgehead atoms. The van der Waals surface area contributed by atoms with E-state index in [1.54, 1.807) is 6.07 Å². The molecule has 7 heteroatoms. The predicted molar refractivity (Wildman–Crippen MR) is 109 cm³/mol. The summed E-state index contributed by atoms with van der Waals surface area (Å²) in [7, 11) is 0. The molecule has 134 valence electrons. The van der Waals surface area contributed by atoms with Crippen LogP contribution >= 0.6 is 11.8 Å². The van der Waals surface area contributed by atoms with E-state index in [2.05, 4.69) is 22.1 Å². The number of nitrogens with two attached hydrogens (primary N) is 2. The number of aromatic nitrogens is 4. The second-order valence-electron chi connectivity index (χ2n) is 5.94. The third-order valence-electron chi connectivity index (χ3n) is 3.96. The van der Waals surface area contributed by atoms with E-state index in [4.69, 9.17) is 16.6 Å². The molecule has 0 unspecified atom stereocenters. The Hall–Kier alpha value is -3.32. The minimum atomic E-state index is 0.369. The normalized spacial score (nSPS) is 10.8. The van der Waals surface area contributed by atoms with Gasteiger partial charge in [0.05, 0.1) is 11.4 Å². The van der Waals surface area contributed by atoms with Crippen LogP contribution in [0.5, 0.6) is 0 Å². The Morgan fingerprint density at radius 3 is 2.15 bits per heavy atom. The van der Waals surface area contributed by atoms with Crippen LogP contribution in [0.4, 0.5) is 11.6 Å². The predicted octanol–water partition coefficient (Wildman–Crippen LogP) is 3.79. The molecule has 2 heterocycles. The van der Waals surface area contributed by atoms with Crippen molar-refractivity contribution in [3.05, 3.63) is 78.5 Å². The van der Waals surface area contributed by atoms with Crippen LogP contribution in [0.2, 0.25) is 0 Å². The van der Waals surface area contributed by atoms with Gasteiger partial charge in [0.1, 0.15) is 11.6 Å². The highest BCUT2D eigenvalue weighted by Gasteiger charge is 2.13. The fourth-order valence-corrected chi connectivity index (χ4v) is 3.57. The van der Waals surface area contributed by atoms with Crippen molar-refractivity contribution in [2.24, 2.45) is 0 Å². The maximum atomic E-state index is 5.77. The van der Waals surface area contributed by atoms with Gasteiger partial charge >= 0.3 is 0 Å². The Labute approximate surface area is 161 Å².